The molecule has 1 aliphatic rings. The summed E-state index contributed by atoms with van der Waals surface area (Å²) in [7, 11) is -0.180. The number of esters is 1. The molecule has 0 aromatic rings. The molecule has 1 N–H and O–H groups in total. The normalized spacial score (nSPS) is 22.9. The van der Waals surface area contributed by atoms with Gasteiger partial charge in [0.2, 0.25) is 0 Å². The summed E-state index contributed by atoms with van der Waals surface area (Å²) in [5.74, 6) is 1.33. The molecule has 0 saturated heterocycles. The fourth-order valence-electron chi connectivity index (χ4n) is 2.08. The van der Waals surface area contributed by atoms with Crippen molar-refractivity contribution < 1.29 is 19.4 Å². The highest BCUT2D eigenvalue weighted by Crippen LogP contribution is 2.27. The smallest absolute Gasteiger partial charge is 0.333 e. The van der Waals surface area contributed by atoms with E-state index in [4.69, 9.17) is 4.74 Å². The Morgan fingerprint density at radius 1 is 1.40 bits per heavy atom. The van der Waals surface area contributed by atoms with Crippen molar-refractivity contribution in [3.8, 4) is 11.5 Å². The van der Waals surface area contributed by atoms with Crippen molar-refractivity contribution in [2.75, 3.05) is 7.11 Å². The maximum atomic E-state index is 11.7. The lowest BCUT2D eigenvalue weighted by Crippen LogP contribution is -2.18. The molecule has 4 nitrogen and oxygen atoms in total. The van der Waals surface area contributed by atoms with Crippen LogP contribution in [0.25, 0.3) is 0 Å². The van der Waals surface area contributed by atoms with Crippen molar-refractivity contribution in [2.45, 2.75) is 38.9 Å². The van der Waals surface area contributed by atoms with E-state index < -0.39 is 20.0 Å². The number of hydrogen-bond donors (Lipinski definition) is 1. The number of carboxylic acid groups (broad SMARTS) is 1. The SMILES string of the molecule is COC(=O)C1=C[C@H](C#C[Si](C)(C)C)C[C@H](C(=O)O)CC1. The molecule has 5 heteroatoms. The Morgan fingerprint density at radius 2 is 2.05 bits per heavy atom. The third-order valence-corrected chi connectivity index (χ3v) is 4.03. The molecule has 0 amide bonds. The van der Waals surface area contributed by atoms with Crippen molar-refractivity contribution in [2.24, 2.45) is 11.8 Å². The second-order valence-electron chi connectivity index (χ2n) is 6.12. The largest absolute Gasteiger partial charge is 0.481 e. The standard InChI is InChI=1S/C15H22O4Si/c1-19-15(18)13-6-5-12(14(16)17)9-11(10-13)7-8-20(2,3)4/h10-12H,5-6,9H2,1-4H3,(H,16,17)/t11-,12-/m1/s1. The minimum absolute atomic E-state index is 0.181. The Hall–Kier alpha value is -1.54. The van der Waals surface area contributed by atoms with Gasteiger partial charge in [0.25, 0.3) is 0 Å². The molecule has 0 bridgehead atoms. The lowest BCUT2D eigenvalue weighted by molar-refractivity contribution is -0.142. The highest BCUT2D eigenvalue weighted by Gasteiger charge is 2.27. The average molecular weight is 294 g/mol. The monoisotopic (exact) mass is 294 g/mol. The van der Waals surface area contributed by atoms with Crippen LogP contribution in [0.4, 0.5) is 0 Å². The van der Waals surface area contributed by atoms with E-state index in [0.29, 0.717) is 24.8 Å². The summed E-state index contributed by atoms with van der Waals surface area (Å²) in [6, 6.07) is 0. The highest BCUT2D eigenvalue weighted by atomic mass is 28.3. The average Bonchev–Trinajstić information content (AvgIpc) is 2.57. The predicted octanol–water partition coefficient (Wildman–Crippen LogP) is 2.47. The summed E-state index contributed by atoms with van der Waals surface area (Å²) in [4.78, 5) is 22.9. The van der Waals surface area contributed by atoms with Gasteiger partial charge < -0.3 is 9.84 Å². The van der Waals surface area contributed by atoms with Gasteiger partial charge in [-0.2, -0.15) is 0 Å². The molecule has 110 valence electrons. The molecule has 1 aliphatic carbocycles. The molecule has 0 unspecified atom stereocenters. The minimum atomic E-state index is -1.52. The van der Waals surface area contributed by atoms with E-state index in [1.807, 2.05) is 0 Å². The van der Waals surface area contributed by atoms with Gasteiger partial charge in [0.1, 0.15) is 8.07 Å². The van der Waals surface area contributed by atoms with Gasteiger partial charge in [0.05, 0.1) is 13.0 Å². The van der Waals surface area contributed by atoms with Crippen molar-refractivity contribution in [1.29, 1.82) is 0 Å². The van der Waals surface area contributed by atoms with Gasteiger partial charge in [0.15, 0.2) is 0 Å². The first kappa shape index (κ1) is 16.5. The van der Waals surface area contributed by atoms with E-state index >= 15 is 0 Å². The van der Waals surface area contributed by atoms with E-state index in [1.165, 1.54) is 7.11 Å². The van der Waals surface area contributed by atoms with Crippen LogP contribution < -0.4 is 0 Å². The summed E-state index contributed by atoms with van der Waals surface area (Å²) in [5, 5.41) is 9.21. The van der Waals surface area contributed by atoms with Gasteiger partial charge in [-0.3, -0.25) is 4.79 Å². The number of rotatable bonds is 2. The molecule has 20 heavy (non-hydrogen) atoms. The highest BCUT2D eigenvalue weighted by molar-refractivity contribution is 6.83. The van der Waals surface area contributed by atoms with Gasteiger partial charge >= 0.3 is 11.9 Å². The summed E-state index contributed by atoms with van der Waals surface area (Å²) in [5.41, 5.74) is 3.80. The fourth-order valence-corrected chi connectivity index (χ4v) is 2.70. The van der Waals surface area contributed by atoms with Crippen LogP contribution >= 0.6 is 0 Å². The van der Waals surface area contributed by atoms with Crippen molar-refractivity contribution in [1.82, 2.24) is 0 Å². The number of hydrogen-bond acceptors (Lipinski definition) is 3. The maximum absolute atomic E-state index is 11.7. The third-order valence-electron chi connectivity index (χ3n) is 3.13. The van der Waals surface area contributed by atoms with Crippen LogP contribution in [-0.2, 0) is 14.3 Å². The summed E-state index contributed by atoms with van der Waals surface area (Å²) in [6.45, 7) is 6.41. The maximum Gasteiger partial charge on any atom is 0.333 e. The number of aliphatic carboxylic acids is 1. The van der Waals surface area contributed by atoms with Gasteiger partial charge in [-0.15, -0.1) is 11.5 Å². The van der Waals surface area contributed by atoms with Crippen LogP contribution in [0.15, 0.2) is 11.6 Å². The number of allylic oxidation sites excluding steroid dienone is 1. The Kier molecular flexibility index (Phi) is 5.58. The van der Waals surface area contributed by atoms with E-state index in [2.05, 4.69) is 31.1 Å². The lowest BCUT2D eigenvalue weighted by Gasteiger charge is -2.11. The molecule has 0 aromatic heterocycles. The number of ether oxygens (including phenoxy) is 1. The fraction of sp³-hybridized carbons (Fsp3) is 0.600. The molecule has 0 aromatic carbocycles. The van der Waals surface area contributed by atoms with E-state index in [1.54, 1.807) is 6.08 Å². The number of carboxylic acids is 1. The summed E-state index contributed by atoms with van der Waals surface area (Å²) < 4.78 is 4.74. The molecular formula is C15H22O4Si. The van der Waals surface area contributed by atoms with Crippen molar-refractivity contribution in [3.63, 3.8) is 0 Å². The molecule has 0 radical (unpaired) electrons. The molecular weight excluding hydrogens is 272 g/mol. The van der Waals surface area contributed by atoms with Crippen LogP contribution in [0.5, 0.6) is 0 Å². The van der Waals surface area contributed by atoms with Crippen molar-refractivity contribution >= 4 is 20.0 Å². The second kappa shape index (κ2) is 6.75. The minimum Gasteiger partial charge on any atom is -0.481 e. The Bertz CT molecular complexity index is 476. The molecule has 2 atom stereocenters. The Morgan fingerprint density at radius 3 is 2.55 bits per heavy atom. The van der Waals surface area contributed by atoms with E-state index in [-0.39, 0.29) is 11.9 Å². The van der Waals surface area contributed by atoms with Gasteiger partial charge in [0, 0.05) is 11.5 Å². The number of carbonyl (C=O) groups is 2. The lowest BCUT2D eigenvalue weighted by atomic mass is 9.94. The van der Waals surface area contributed by atoms with E-state index in [0.717, 1.165) is 0 Å². The topological polar surface area (TPSA) is 63.6 Å². The molecule has 0 saturated carbocycles. The molecule has 0 spiro atoms. The molecule has 0 heterocycles. The van der Waals surface area contributed by atoms with Gasteiger partial charge in [-0.25, -0.2) is 4.79 Å². The first-order valence-corrected chi connectivity index (χ1v) is 10.3. The number of methoxy groups -OCH3 is 1. The quantitative estimate of drug-likeness (QED) is 0.483. The van der Waals surface area contributed by atoms with Crippen LogP contribution in [0.1, 0.15) is 19.3 Å². The zero-order valence-electron chi connectivity index (χ0n) is 12.5. The Balaban J connectivity index is 3.01. The van der Waals surface area contributed by atoms with Gasteiger partial charge in [-0.1, -0.05) is 25.7 Å². The zero-order chi connectivity index (χ0) is 15.3. The van der Waals surface area contributed by atoms with Crippen LogP contribution in [-0.4, -0.2) is 32.2 Å². The zero-order valence-corrected chi connectivity index (χ0v) is 13.5. The van der Waals surface area contributed by atoms with Crippen LogP contribution in [0.2, 0.25) is 19.6 Å². The molecule has 0 fully saturated rings. The second-order valence-corrected chi connectivity index (χ2v) is 10.9. The third kappa shape index (κ3) is 5.22. The summed E-state index contributed by atoms with van der Waals surface area (Å²) >= 11 is 0. The Labute approximate surface area is 121 Å². The van der Waals surface area contributed by atoms with E-state index in [9.17, 15) is 14.7 Å². The molecule has 0 aliphatic heterocycles. The molecule has 1 rings (SSSR count). The number of carbonyl (C=O) groups excluding carboxylic acids is 1. The van der Waals surface area contributed by atoms with Crippen molar-refractivity contribution in [3.05, 3.63) is 11.6 Å². The van der Waals surface area contributed by atoms with Crippen LogP contribution in [0.3, 0.4) is 0 Å². The first-order valence-electron chi connectivity index (χ1n) is 6.77. The first-order chi connectivity index (χ1) is 9.23. The van der Waals surface area contributed by atoms with Crippen LogP contribution in [0, 0.1) is 23.3 Å². The summed E-state index contributed by atoms with van der Waals surface area (Å²) in [6.07, 6.45) is 3.16. The van der Waals surface area contributed by atoms with Gasteiger partial charge in [-0.05, 0) is 19.3 Å². The predicted molar refractivity (Wildman–Crippen MR) is 79.7 cm³/mol.